The van der Waals surface area contributed by atoms with Crippen molar-refractivity contribution in [1.82, 2.24) is 10.6 Å². The van der Waals surface area contributed by atoms with Gasteiger partial charge in [-0.25, -0.2) is 0 Å². The molecule has 2 atom stereocenters. The van der Waals surface area contributed by atoms with Gasteiger partial charge in [-0.1, -0.05) is 6.92 Å². The zero-order valence-corrected chi connectivity index (χ0v) is 9.49. The smallest absolute Gasteiger partial charge is 0.243 e. The van der Waals surface area contributed by atoms with Crippen LogP contribution in [0.4, 0.5) is 0 Å². The van der Waals surface area contributed by atoms with E-state index in [1.165, 1.54) is 0 Å². The molecule has 1 aliphatic heterocycles. The minimum Gasteiger partial charge on any atom is -0.370 e. The number of ether oxygens (including phenoxy) is 1. The highest BCUT2D eigenvalue weighted by Gasteiger charge is 2.28. The number of primary amides is 1. The second-order valence-corrected chi connectivity index (χ2v) is 4.05. The van der Waals surface area contributed by atoms with Gasteiger partial charge in [0.1, 0.15) is 6.61 Å². The van der Waals surface area contributed by atoms with Gasteiger partial charge in [-0.15, -0.1) is 0 Å². The highest BCUT2D eigenvalue weighted by Crippen LogP contribution is 2.15. The maximum atomic E-state index is 11.7. The molecular formula is C10H19N3O3. The summed E-state index contributed by atoms with van der Waals surface area (Å²) in [6.07, 6.45) is 0. The van der Waals surface area contributed by atoms with Gasteiger partial charge in [-0.2, -0.15) is 0 Å². The molecule has 0 aromatic rings. The van der Waals surface area contributed by atoms with Crippen LogP contribution in [0.15, 0.2) is 0 Å². The molecule has 0 spiro atoms. The first-order chi connectivity index (χ1) is 7.61. The third kappa shape index (κ3) is 4.16. The van der Waals surface area contributed by atoms with Gasteiger partial charge in [0.2, 0.25) is 11.8 Å². The molecular weight excluding hydrogens is 210 g/mol. The summed E-state index contributed by atoms with van der Waals surface area (Å²) in [7, 11) is 0. The van der Waals surface area contributed by atoms with E-state index in [9.17, 15) is 9.59 Å². The molecule has 0 bridgehead atoms. The van der Waals surface area contributed by atoms with E-state index in [-0.39, 0.29) is 18.4 Å². The summed E-state index contributed by atoms with van der Waals surface area (Å²) < 4.78 is 4.93. The fraction of sp³-hybridized carbons (Fsp3) is 0.800. The number of carbonyl (C=O) groups excluding carboxylic acids is 2. The van der Waals surface area contributed by atoms with Crippen LogP contribution in [0.2, 0.25) is 0 Å². The van der Waals surface area contributed by atoms with Crippen LogP contribution in [0.25, 0.3) is 0 Å². The maximum absolute atomic E-state index is 11.7. The van der Waals surface area contributed by atoms with E-state index < -0.39 is 5.91 Å². The Labute approximate surface area is 94.9 Å². The fourth-order valence-electron chi connectivity index (χ4n) is 1.71. The molecule has 6 nitrogen and oxygen atoms in total. The number of nitrogens with two attached hydrogens (primary N) is 1. The Kier molecular flexibility index (Phi) is 5.21. The van der Waals surface area contributed by atoms with Gasteiger partial charge in [0.05, 0.1) is 12.5 Å². The van der Waals surface area contributed by atoms with Crippen LogP contribution in [-0.4, -0.2) is 44.7 Å². The molecule has 0 aromatic heterocycles. The van der Waals surface area contributed by atoms with Gasteiger partial charge in [0, 0.05) is 13.1 Å². The highest BCUT2D eigenvalue weighted by molar-refractivity contribution is 5.79. The topological polar surface area (TPSA) is 93.4 Å². The molecule has 0 saturated carbocycles. The van der Waals surface area contributed by atoms with Crippen LogP contribution in [0.5, 0.6) is 0 Å². The third-order valence-corrected chi connectivity index (χ3v) is 2.64. The van der Waals surface area contributed by atoms with Gasteiger partial charge >= 0.3 is 0 Å². The predicted octanol–water partition coefficient (Wildman–Crippen LogP) is -1.54. The quantitative estimate of drug-likeness (QED) is 0.481. The van der Waals surface area contributed by atoms with Crippen molar-refractivity contribution < 1.29 is 14.3 Å². The Bertz CT molecular complexity index is 258. The third-order valence-electron chi connectivity index (χ3n) is 2.64. The highest BCUT2D eigenvalue weighted by atomic mass is 16.5. The van der Waals surface area contributed by atoms with Crippen LogP contribution in [-0.2, 0) is 14.3 Å². The summed E-state index contributed by atoms with van der Waals surface area (Å²) in [5.41, 5.74) is 4.89. The average Bonchev–Trinajstić information content (AvgIpc) is 2.63. The molecule has 1 aliphatic rings. The van der Waals surface area contributed by atoms with Crippen molar-refractivity contribution in [2.24, 2.45) is 17.6 Å². The zero-order chi connectivity index (χ0) is 12.0. The van der Waals surface area contributed by atoms with Gasteiger partial charge in [0.15, 0.2) is 0 Å². The molecule has 0 unspecified atom stereocenters. The van der Waals surface area contributed by atoms with E-state index in [4.69, 9.17) is 10.5 Å². The summed E-state index contributed by atoms with van der Waals surface area (Å²) in [4.78, 5) is 22.0. The van der Waals surface area contributed by atoms with Crippen LogP contribution < -0.4 is 16.4 Å². The van der Waals surface area contributed by atoms with E-state index in [1.54, 1.807) is 0 Å². The molecule has 92 valence electrons. The Morgan fingerprint density at radius 1 is 1.50 bits per heavy atom. The lowest BCUT2D eigenvalue weighted by Gasteiger charge is -2.13. The minimum atomic E-state index is -0.500. The lowest BCUT2D eigenvalue weighted by molar-refractivity contribution is -0.125. The molecule has 1 rings (SSSR count). The number of carbonyl (C=O) groups is 2. The van der Waals surface area contributed by atoms with Crippen molar-refractivity contribution in [1.29, 1.82) is 0 Å². The Balaban J connectivity index is 2.08. The lowest BCUT2D eigenvalue weighted by atomic mass is 9.97. The second-order valence-electron chi connectivity index (χ2n) is 4.05. The number of amides is 2. The number of nitrogens with one attached hydrogen (secondary N) is 2. The average molecular weight is 229 g/mol. The van der Waals surface area contributed by atoms with Crippen LogP contribution >= 0.6 is 0 Å². The summed E-state index contributed by atoms with van der Waals surface area (Å²) >= 11 is 0. The maximum Gasteiger partial charge on any atom is 0.243 e. The standard InChI is InChI=1S/C10H19N3O3/c1-7-4-12-5-8(7)10(15)13-2-3-16-6-9(11)14/h7-8,12H,2-6H2,1H3,(H2,11,14)(H,13,15)/t7-,8-/m1/s1. The van der Waals surface area contributed by atoms with E-state index in [0.717, 1.165) is 13.1 Å². The monoisotopic (exact) mass is 229 g/mol. The van der Waals surface area contributed by atoms with Crippen LogP contribution in [0, 0.1) is 11.8 Å². The molecule has 1 heterocycles. The van der Waals surface area contributed by atoms with E-state index >= 15 is 0 Å². The molecule has 16 heavy (non-hydrogen) atoms. The number of rotatable bonds is 6. The molecule has 1 saturated heterocycles. The predicted molar refractivity (Wildman–Crippen MR) is 58.5 cm³/mol. The van der Waals surface area contributed by atoms with E-state index in [2.05, 4.69) is 10.6 Å². The first-order valence-corrected chi connectivity index (χ1v) is 5.45. The van der Waals surface area contributed by atoms with Crippen molar-refractivity contribution in [2.75, 3.05) is 32.8 Å². The molecule has 4 N–H and O–H groups in total. The summed E-state index contributed by atoms with van der Waals surface area (Å²) in [6, 6.07) is 0. The van der Waals surface area contributed by atoms with Crippen LogP contribution in [0.1, 0.15) is 6.92 Å². The Morgan fingerprint density at radius 2 is 2.25 bits per heavy atom. The molecule has 1 fully saturated rings. The molecule has 0 aromatic carbocycles. The van der Waals surface area contributed by atoms with Crippen molar-refractivity contribution in [3.63, 3.8) is 0 Å². The lowest BCUT2D eigenvalue weighted by Crippen LogP contribution is -2.36. The molecule has 2 amide bonds. The largest absolute Gasteiger partial charge is 0.370 e. The Morgan fingerprint density at radius 3 is 2.81 bits per heavy atom. The zero-order valence-electron chi connectivity index (χ0n) is 9.49. The van der Waals surface area contributed by atoms with Crippen LogP contribution in [0.3, 0.4) is 0 Å². The summed E-state index contributed by atoms with van der Waals surface area (Å²) in [5.74, 6) is -0.0530. The van der Waals surface area contributed by atoms with Gasteiger partial charge in [-0.05, 0) is 12.5 Å². The van der Waals surface area contributed by atoms with Crippen molar-refractivity contribution in [3.05, 3.63) is 0 Å². The van der Waals surface area contributed by atoms with Gasteiger partial charge < -0.3 is 21.1 Å². The first kappa shape index (κ1) is 12.9. The van der Waals surface area contributed by atoms with Gasteiger partial charge in [0.25, 0.3) is 0 Å². The van der Waals surface area contributed by atoms with Crippen molar-refractivity contribution in [3.8, 4) is 0 Å². The number of hydrogen-bond donors (Lipinski definition) is 3. The second kappa shape index (κ2) is 6.44. The molecule has 6 heteroatoms. The first-order valence-electron chi connectivity index (χ1n) is 5.45. The van der Waals surface area contributed by atoms with E-state index in [1.807, 2.05) is 6.92 Å². The van der Waals surface area contributed by atoms with Crippen molar-refractivity contribution >= 4 is 11.8 Å². The summed E-state index contributed by atoms with van der Waals surface area (Å²) in [6.45, 7) is 4.29. The Hall–Kier alpha value is -1.14. The van der Waals surface area contributed by atoms with E-state index in [0.29, 0.717) is 19.1 Å². The minimum absolute atomic E-state index is 0.0381. The van der Waals surface area contributed by atoms with Gasteiger partial charge in [-0.3, -0.25) is 9.59 Å². The fourth-order valence-corrected chi connectivity index (χ4v) is 1.71. The van der Waals surface area contributed by atoms with Crippen molar-refractivity contribution in [2.45, 2.75) is 6.92 Å². The molecule has 0 aliphatic carbocycles. The summed E-state index contributed by atoms with van der Waals surface area (Å²) in [5, 5.41) is 5.94. The normalized spacial score (nSPS) is 24.3. The SMILES string of the molecule is C[C@@H]1CNC[C@H]1C(=O)NCCOCC(N)=O. The number of hydrogen-bond acceptors (Lipinski definition) is 4. The molecule has 0 radical (unpaired) electrons.